The predicted molar refractivity (Wildman–Crippen MR) is 161 cm³/mol. The Morgan fingerprint density at radius 2 is 1.20 bits per heavy atom. The van der Waals surface area contributed by atoms with E-state index >= 15 is 0 Å². The van der Waals surface area contributed by atoms with Crippen LogP contribution in [-0.4, -0.2) is 45.5 Å². The van der Waals surface area contributed by atoms with E-state index in [-0.39, 0.29) is 0 Å². The summed E-state index contributed by atoms with van der Waals surface area (Å²) in [5.74, 6) is 0.881. The average Bonchev–Trinajstić information content (AvgIpc) is 2.97. The molecule has 0 aliphatic carbocycles. The summed E-state index contributed by atoms with van der Waals surface area (Å²) in [4.78, 5) is 23.0. The normalized spacial score (nSPS) is 10.9. The van der Waals surface area contributed by atoms with Gasteiger partial charge in [-0.15, -0.1) is 0 Å². The van der Waals surface area contributed by atoms with Crippen molar-refractivity contribution >= 4 is 18.0 Å². The van der Waals surface area contributed by atoms with Crippen molar-refractivity contribution in [3.05, 3.63) is 36.4 Å². The first-order valence-electron chi connectivity index (χ1n) is 15.2. The molecule has 0 atom stereocenters. The van der Waals surface area contributed by atoms with Gasteiger partial charge in [-0.3, -0.25) is 0 Å². The van der Waals surface area contributed by atoms with Gasteiger partial charge in [0.25, 0.3) is 0 Å². The first-order chi connectivity index (χ1) is 19.6. The number of carbonyl (C=O) groups is 2. The van der Waals surface area contributed by atoms with Gasteiger partial charge in [-0.05, 0) is 43.9 Å². The van der Waals surface area contributed by atoms with E-state index in [9.17, 15) is 9.59 Å². The standard InChI is InChI=1S/C33H52O7/c1-5-8-10-12-14-16-26-39-32-28(21-23-31(35)36-4)20-22-29(37-24-18-19-25-38-30(34)7-3)33(32)40-27-17-15-13-11-9-6-2/h7,20-23H,3,5-6,8-19,24-27H2,1-2,4H3. The number of hydrogen-bond donors (Lipinski definition) is 0. The first kappa shape index (κ1) is 35.1. The van der Waals surface area contributed by atoms with Crippen LogP contribution in [0.1, 0.15) is 109 Å². The lowest BCUT2D eigenvalue weighted by atomic mass is 10.1. The molecule has 0 saturated heterocycles. The molecule has 1 aromatic carbocycles. The molecule has 0 aliphatic rings. The minimum Gasteiger partial charge on any atom is -0.490 e. The maximum Gasteiger partial charge on any atom is 0.330 e. The monoisotopic (exact) mass is 560 g/mol. The van der Waals surface area contributed by atoms with Crippen molar-refractivity contribution in [3.8, 4) is 17.2 Å². The predicted octanol–water partition coefficient (Wildman–Crippen LogP) is 8.24. The van der Waals surface area contributed by atoms with Crippen molar-refractivity contribution in [1.29, 1.82) is 0 Å². The van der Waals surface area contributed by atoms with Gasteiger partial charge in [-0.1, -0.05) is 84.6 Å². The summed E-state index contributed by atoms with van der Waals surface area (Å²) in [7, 11) is 1.35. The molecular weight excluding hydrogens is 508 g/mol. The van der Waals surface area contributed by atoms with E-state index in [0.717, 1.165) is 37.3 Å². The molecule has 0 amide bonds. The number of methoxy groups -OCH3 is 1. The molecule has 1 rings (SSSR count). The molecule has 0 fully saturated rings. The third kappa shape index (κ3) is 16.2. The van der Waals surface area contributed by atoms with Crippen molar-refractivity contribution in [2.45, 2.75) is 104 Å². The van der Waals surface area contributed by atoms with E-state index in [1.54, 1.807) is 6.08 Å². The molecule has 0 heterocycles. The van der Waals surface area contributed by atoms with E-state index in [1.165, 1.54) is 64.6 Å². The van der Waals surface area contributed by atoms with Gasteiger partial charge in [-0.25, -0.2) is 9.59 Å². The Labute approximate surface area is 242 Å². The number of hydrogen-bond acceptors (Lipinski definition) is 7. The van der Waals surface area contributed by atoms with Crippen LogP contribution in [0.15, 0.2) is 30.9 Å². The summed E-state index contributed by atoms with van der Waals surface area (Å²) in [6.45, 7) is 9.70. The summed E-state index contributed by atoms with van der Waals surface area (Å²) in [6.07, 6.45) is 19.5. The minimum atomic E-state index is -0.436. The Bertz CT molecular complexity index is 863. The fraction of sp³-hybridized carbons (Fsp3) is 0.636. The van der Waals surface area contributed by atoms with Gasteiger partial charge in [0.1, 0.15) is 0 Å². The first-order valence-corrected chi connectivity index (χ1v) is 15.2. The van der Waals surface area contributed by atoms with E-state index in [1.807, 2.05) is 12.1 Å². The maximum atomic E-state index is 11.8. The fourth-order valence-corrected chi connectivity index (χ4v) is 4.05. The Balaban J connectivity index is 2.99. The average molecular weight is 561 g/mol. The van der Waals surface area contributed by atoms with Crippen LogP contribution in [0.2, 0.25) is 0 Å². The summed E-state index contributed by atoms with van der Waals surface area (Å²) in [5, 5.41) is 0. The zero-order valence-corrected chi connectivity index (χ0v) is 25.2. The molecule has 0 unspecified atom stereocenters. The number of ether oxygens (including phenoxy) is 5. The van der Waals surface area contributed by atoms with Crippen molar-refractivity contribution in [2.75, 3.05) is 33.5 Å². The molecule has 7 nitrogen and oxygen atoms in total. The molecule has 0 aliphatic heterocycles. The zero-order valence-electron chi connectivity index (χ0n) is 25.2. The molecule has 0 aromatic heterocycles. The Hall–Kier alpha value is -2.96. The van der Waals surface area contributed by atoms with Crippen LogP contribution in [0.25, 0.3) is 6.08 Å². The van der Waals surface area contributed by atoms with Crippen molar-refractivity contribution in [3.63, 3.8) is 0 Å². The molecule has 7 heteroatoms. The van der Waals surface area contributed by atoms with Gasteiger partial charge < -0.3 is 23.7 Å². The van der Waals surface area contributed by atoms with Gasteiger partial charge in [0, 0.05) is 17.7 Å². The third-order valence-electron chi connectivity index (χ3n) is 6.40. The van der Waals surface area contributed by atoms with E-state index in [0.29, 0.717) is 56.5 Å². The Morgan fingerprint density at radius 3 is 1.80 bits per heavy atom. The smallest absolute Gasteiger partial charge is 0.330 e. The lowest BCUT2D eigenvalue weighted by Crippen LogP contribution is -2.08. The third-order valence-corrected chi connectivity index (χ3v) is 6.40. The minimum absolute atomic E-state index is 0.319. The number of rotatable bonds is 25. The molecule has 1 aromatic rings. The topological polar surface area (TPSA) is 80.3 Å². The highest BCUT2D eigenvalue weighted by atomic mass is 16.5. The zero-order chi connectivity index (χ0) is 29.3. The molecular formula is C33H52O7. The number of esters is 2. The van der Waals surface area contributed by atoms with Crippen LogP contribution >= 0.6 is 0 Å². The van der Waals surface area contributed by atoms with Gasteiger partial charge in [0.15, 0.2) is 11.5 Å². The van der Waals surface area contributed by atoms with Crippen molar-refractivity contribution < 1.29 is 33.3 Å². The molecule has 0 N–H and O–H groups in total. The SMILES string of the molecule is C=CC(=O)OCCCCOc1ccc(C=CC(=O)OC)c(OCCCCCCCC)c1OCCCCCCCC. The highest BCUT2D eigenvalue weighted by Crippen LogP contribution is 2.41. The Kier molecular flexibility index (Phi) is 20.9. The van der Waals surface area contributed by atoms with Gasteiger partial charge in [0.05, 0.1) is 33.5 Å². The molecule has 0 saturated carbocycles. The van der Waals surface area contributed by atoms with Crippen LogP contribution < -0.4 is 14.2 Å². The van der Waals surface area contributed by atoms with Crippen molar-refractivity contribution in [1.82, 2.24) is 0 Å². The van der Waals surface area contributed by atoms with Crippen molar-refractivity contribution in [2.24, 2.45) is 0 Å². The molecule has 0 radical (unpaired) electrons. The van der Waals surface area contributed by atoms with Crippen LogP contribution in [-0.2, 0) is 19.1 Å². The quantitative estimate of drug-likeness (QED) is 0.0677. The fourth-order valence-electron chi connectivity index (χ4n) is 4.05. The summed E-state index contributed by atoms with van der Waals surface area (Å²) >= 11 is 0. The van der Waals surface area contributed by atoms with E-state index in [4.69, 9.17) is 23.7 Å². The largest absolute Gasteiger partial charge is 0.490 e. The second-order valence-electron chi connectivity index (χ2n) is 9.83. The number of benzene rings is 1. The maximum absolute atomic E-state index is 11.8. The van der Waals surface area contributed by atoms with E-state index < -0.39 is 11.9 Å². The second kappa shape index (κ2) is 23.9. The van der Waals surface area contributed by atoms with Gasteiger partial charge in [-0.2, -0.15) is 0 Å². The lowest BCUT2D eigenvalue weighted by molar-refractivity contribution is -0.138. The summed E-state index contributed by atoms with van der Waals surface area (Å²) in [6, 6.07) is 3.72. The van der Waals surface area contributed by atoms with Crippen LogP contribution in [0, 0.1) is 0 Å². The van der Waals surface area contributed by atoms with Gasteiger partial charge in [0.2, 0.25) is 5.75 Å². The molecule has 40 heavy (non-hydrogen) atoms. The van der Waals surface area contributed by atoms with Crippen LogP contribution in [0.5, 0.6) is 17.2 Å². The lowest BCUT2D eigenvalue weighted by Gasteiger charge is -2.19. The van der Waals surface area contributed by atoms with Crippen LogP contribution in [0.4, 0.5) is 0 Å². The highest BCUT2D eigenvalue weighted by molar-refractivity contribution is 5.88. The second-order valence-corrected chi connectivity index (χ2v) is 9.83. The van der Waals surface area contributed by atoms with Gasteiger partial charge >= 0.3 is 11.9 Å². The molecule has 0 bridgehead atoms. The Morgan fingerprint density at radius 1 is 0.675 bits per heavy atom. The highest BCUT2D eigenvalue weighted by Gasteiger charge is 2.17. The number of unbranched alkanes of at least 4 members (excludes halogenated alkanes) is 11. The summed E-state index contributed by atoms with van der Waals surface area (Å²) < 4.78 is 28.5. The number of carbonyl (C=O) groups excluding carboxylic acids is 2. The molecule has 0 spiro atoms. The van der Waals surface area contributed by atoms with E-state index in [2.05, 4.69) is 20.4 Å². The van der Waals surface area contributed by atoms with Crippen LogP contribution in [0.3, 0.4) is 0 Å². The molecule has 226 valence electrons. The summed E-state index contributed by atoms with van der Waals surface area (Å²) in [5.41, 5.74) is 0.734.